The lowest BCUT2D eigenvalue weighted by Gasteiger charge is -2.36. The van der Waals surface area contributed by atoms with Gasteiger partial charge in [0.05, 0.1) is 22.0 Å². The van der Waals surface area contributed by atoms with E-state index in [0.29, 0.717) is 11.4 Å². The third kappa shape index (κ3) is 2.72. The first-order valence-corrected chi connectivity index (χ1v) is 7.05. The Kier molecular flexibility index (Phi) is 4.84. The van der Waals surface area contributed by atoms with Gasteiger partial charge in [0.2, 0.25) is 0 Å². The van der Waals surface area contributed by atoms with Crippen LogP contribution in [0.4, 0.5) is 0 Å². The van der Waals surface area contributed by atoms with Crippen molar-refractivity contribution in [2.75, 3.05) is 0 Å². The summed E-state index contributed by atoms with van der Waals surface area (Å²) in [5.41, 5.74) is 1.04. The van der Waals surface area contributed by atoms with E-state index in [1.807, 2.05) is 46.2 Å². The van der Waals surface area contributed by atoms with E-state index >= 15 is 0 Å². The van der Waals surface area contributed by atoms with Crippen LogP contribution in [-0.2, 0) is 13.0 Å². The summed E-state index contributed by atoms with van der Waals surface area (Å²) in [6.07, 6.45) is 0.551. The predicted octanol–water partition coefficient (Wildman–Crippen LogP) is 3.45. The van der Waals surface area contributed by atoms with Crippen molar-refractivity contribution in [3.8, 4) is 0 Å². The largest absolute Gasteiger partial charge is 0.389 e. The van der Waals surface area contributed by atoms with Gasteiger partial charge in [-0.2, -0.15) is 5.10 Å². The molecule has 0 spiro atoms. The molecule has 0 aliphatic rings. The molecule has 1 aromatic rings. The summed E-state index contributed by atoms with van der Waals surface area (Å²) in [7, 11) is 0. The van der Waals surface area contributed by atoms with Gasteiger partial charge >= 0.3 is 0 Å². The summed E-state index contributed by atoms with van der Waals surface area (Å²) in [4.78, 5) is 0. The first-order chi connectivity index (χ1) is 8.24. The molecule has 0 fully saturated rings. The van der Waals surface area contributed by atoms with Crippen molar-refractivity contribution in [2.24, 2.45) is 11.8 Å². The van der Waals surface area contributed by atoms with Crippen LogP contribution in [0.15, 0.2) is 0 Å². The van der Waals surface area contributed by atoms with Gasteiger partial charge < -0.3 is 5.11 Å². The Labute approximate surface area is 115 Å². The van der Waals surface area contributed by atoms with Crippen molar-refractivity contribution in [2.45, 2.75) is 60.1 Å². The second-order valence-electron chi connectivity index (χ2n) is 5.64. The van der Waals surface area contributed by atoms with Crippen molar-refractivity contribution in [3.05, 3.63) is 16.4 Å². The van der Waals surface area contributed by atoms with Gasteiger partial charge in [0, 0.05) is 13.0 Å². The minimum Gasteiger partial charge on any atom is -0.389 e. The fraction of sp³-hybridized carbons (Fsp3) is 0.786. The molecule has 1 rings (SSSR count). The molecular formula is C14H25ClN2O. The Hall–Kier alpha value is -0.540. The second-order valence-corrected chi connectivity index (χ2v) is 6.02. The van der Waals surface area contributed by atoms with E-state index in [-0.39, 0.29) is 11.8 Å². The zero-order chi connectivity index (χ0) is 14.1. The summed E-state index contributed by atoms with van der Waals surface area (Å²) in [6.45, 7) is 12.9. The second kappa shape index (κ2) is 5.62. The molecule has 104 valence electrons. The molecule has 4 heteroatoms. The van der Waals surface area contributed by atoms with Crippen LogP contribution in [0.2, 0.25) is 5.02 Å². The number of aliphatic hydroxyl groups is 1. The molecule has 3 nitrogen and oxygen atoms in total. The van der Waals surface area contributed by atoms with Crippen LogP contribution in [-0.4, -0.2) is 20.5 Å². The minimum absolute atomic E-state index is 0.175. The van der Waals surface area contributed by atoms with E-state index in [9.17, 15) is 5.11 Å². The monoisotopic (exact) mass is 272 g/mol. The molecule has 0 radical (unpaired) electrons. The molecule has 0 saturated carbocycles. The molecule has 0 aromatic carbocycles. The number of hydrogen-bond donors (Lipinski definition) is 1. The van der Waals surface area contributed by atoms with Crippen molar-refractivity contribution in [1.82, 2.24) is 9.78 Å². The lowest BCUT2D eigenvalue weighted by Crippen LogP contribution is -2.43. The first-order valence-electron chi connectivity index (χ1n) is 6.68. The Bertz CT molecular complexity index is 402. The summed E-state index contributed by atoms with van der Waals surface area (Å²) in [6, 6.07) is 0. The summed E-state index contributed by atoms with van der Waals surface area (Å²) in [5, 5.41) is 16.0. The van der Waals surface area contributed by atoms with Gasteiger partial charge in [0.15, 0.2) is 0 Å². The summed E-state index contributed by atoms with van der Waals surface area (Å²) < 4.78 is 1.90. The number of nitrogens with zero attached hydrogens (tertiary/aromatic N) is 2. The Morgan fingerprint density at radius 3 is 2.17 bits per heavy atom. The Balaban J connectivity index is 3.16. The van der Waals surface area contributed by atoms with Crippen LogP contribution < -0.4 is 0 Å². The number of halogens is 1. The first kappa shape index (κ1) is 15.5. The van der Waals surface area contributed by atoms with E-state index in [2.05, 4.69) is 5.10 Å². The van der Waals surface area contributed by atoms with Gasteiger partial charge in [0.25, 0.3) is 0 Å². The standard InChI is InChI=1S/C14H25ClN2O/c1-7-17-12(13(15)11(6)16-17)8-14(18,9(2)3)10(4)5/h9-10,18H,7-8H2,1-6H3. The molecule has 0 saturated heterocycles. The zero-order valence-corrected chi connectivity index (χ0v) is 13.0. The maximum absolute atomic E-state index is 10.9. The maximum Gasteiger partial charge on any atom is 0.0848 e. The highest BCUT2D eigenvalue weighted by Crippen LogP contribution is 2.33. The minimum atomic E-state index is -0.747. The topological polar surface area (TPSA) is 38.0 Å². The molecule has 1 aromatic heterocycles. The average molecular weight is 273 g/mol. The SMILES string of the molecule is CCn1nc(C)c(Cl)c1CC(O)(C(C)C)C(C)C. The highest BCUT2D eigenvalue weighted by atomic mass is 35.5. The van der Waals surface area contributed by atoms with Crippen LogP contribution in [0.5, 0.6) is 0 Å². The van der Waals surface area contributed by atoms with Crippen molar-refractivity contribution < 1.29 is 5.11 Å². The van der Waals surface area contributed by atoms with Gasteiger partial charge in [-0.15, -0.1) is 0 Å². The molecule has 0 unspecified atom stereocenters. The average Bonchev–Trinajstić information content (AvgIpc) is 2.55. The quantitative estimate of drug-likeness (QED) is 0.892. The van der Waals surface area contributed by atoms with Gasteiger partial charge in [-0.25, -0.2) is 0 Å². The van der Waals surface area contributed by atoms with Gasteiger partial charge in [-0.3, -0.25) is 4.68 Å². The third-order valence-corrected chi connectivity index (χ3v) is 4.39. The van der Waals surface area contributed by atoms with E-state index < -0.39 is 5.60 Å². The molecular weight excluding hydrogens is 248 g/mol. The van der Waals surface area contributed by atoms with E-state index in [1.165, 1.54) is 0 Å². The third-order valence-electron chi connectivity index (χ3n) is 3.90. The smallest absolute Gasteiger partial charge is 0.0848 e. The van der Waals surface area contributed by atoms with Gasteiger partial charge in [0.1, 0.15) is 0 Å². The summed E-state index contributed by atoms with van der Waals surface area (Å²) >= 11 is 6.31. The molecule has 0 bridgehead atoms. The predicted molar refractivity (Wildman–Crippen MR) is 76.0 cm³/mol. The van der Waals surface area contributed by atoms with Crippen LogP contribution in [0, 0.1) is 18.8 Å². The number of rotatable bonds is 5. The fourth-order valence-corrected chi connectivity index (χ4v) is 2.58. The molecule has 0 aliphatic heterocycles. The van der Waals surface area contributed by atoms with E-state index in [1.54, 1.807) is 0 Å². The molecule has 1 N–H and O–H groups in total. The van der Waals surface area contributed by atoms with E-state index in [0.717, 1.165) is 17.9 Å². The highest BCUT2D eigenvalue weighted by Gasteiger charge is 2.36. The van der Waals surface area contributed by atoms with E-state index in [4.69, 9.17) is 11.6 Å². The molecule has 1 heterocycles. The van der Waals surface area contributed by atoms with Crippen LogP contribution >= 0.6 is 11.6 Å². The molecule has 0 atom stereocenters. The Morgan fingerprint density at radius 1 is 1.28 bits per heavy atom. The molecule has 18 heavy (non-hydrogen) atoms. The van der Waals surface area contributed by atoms with Crippen molar-refractivity contribution >= 4 is 11.6 Å². The highest BCUT2D eigenvalue weighted by molar-refractivity contribution is 6.31. The van der Waals surface area contributed by atoms with Crippen LogP contribution in [0.1, 0.15) is 46.0 Å². The van der Waals surface area contributed by atoms with Crippen molar-refractivity contribution in [1.29, 1.82) is 0 Å². The number of aromatic nitrogens is 2. The van der Waals surface area contributed by atoms with Gasteiger partial charge in [-0.1, -0.05) is 39.3 Å². The van der Waals surface area contributed by atoms with Gasteiger partial charge in [-0.05, 0) is 25.7 Å². The fourth-order valence-electron chi connectivity index (χ4n) is 2.38. The lowest BCUT2D eigenvalue weighted by molar-refractivity contribution is -0.0476. The normalized spacial score (nSPS) is 12.8. The summed E-state index contributed by atoms with van der Waals surface area (Å²) in [5.74, 6) is 0.350. The van der Waals surface area contributed by atoms with Crippen molar-refractivity contribution in [3.63, 3.8) is 0 Å². The lowest BCUT2D eigenvalue weighted by atomic mass is 9.77. The Morgan fingerprint density at radius 2 is 1.78 bits per heavy atom. The number of aryl methyl sites for hydroxylation is 2. The molecule has 0 amide bonds. The van der Waals surface area contributed by atoms with Crippen LogP contribution in [0.3, 0.4) is 0 Å². The molecule has 0 aliphatic carbocycles. The maximum atomic E-state index is 10.9. The zero-order valence-electron chi connectivity index (χ0n) is 12.3. The van der Waals surface area contributed by atoms with Crippen LogP contribution in [0.25, 0.3) is 0 Å². The number of hydrogen-bond acceptors (Lipinski definition) is 2.